The molecule has 20 heavy (non-hydrogen) atoms. The van der Waals surface area contributed by atoms with Crippen molar-refractivity contribution in [3.8, 4) is 0 Å². The van der Waals surface area contributed by atoms with Crippen molar-refractivity contribution in [1.82, 2.24) is 9.80 Å². The highest BCUT2D eigenvalue weighted by molar-refractivity contribution is 6.42. The Hall–Kier alpha value is -0.610. The van der Waals surface area contributed by atoms with Crippen LogP contribution in [0.4, 0.5) is 0 Å². The molecule has 3 nitrogen and oxygen atoms in total. The van der Waals surface area contributed by atoms with Crippen LogP contribution in [0.1, 0.15) is 23.7 Å². The van der Waals surface area contributed by atoms with Crippen molar-refractivity contribution in [2.45, 2.75) is 19.4 Å². The zero-order chi connectivity index (χ0) is 14.7. The Morgan fingerprint density at radius 3 is 2.70 bits per heavy atom. The van der Waals surface area contributed by atoms with Crippen LogP contribution in [0.25, 0.3) is 0 Å². The van der Waals surface area contributed by atoms with Crippen LogP contribution >= 0.6 is 23.2 Å². The number of likely N-dealkylation sites (N-methyl/N-ethyl adjacent to an activating group) is 1. The Labute approximate surface area is 130 Å². The van der Waals surface area contributed by atoms with Gasteiger partial charge in [-0.2, -0.15) is 0 Å². The van der Waals surface area contributed by atoms with Crippen LogP contribution < -0.4 is 0 Å². The van der Waals surface area contributed by atoms with Gasteiger partial charge in [0.05, 0.1) is 16.6 Å². The van der Waals surface area contributed by atoms with Crippen molar-refractivity contribution < 1.29 is 4.79 Å². The quantitative estimate of drug-likeness (QED) is 0.797. The number of ketones is 1. The number of carbonyl (C=O) groups excluding carboxylic acids is 1. The van der Waals surface area contributed by atoms with E-state index in [9.17, 15) is 4.79 Å². The lowest BCUT2D eigenvalue weighted by Crippen LogP contribution is -2.52. The molecule has 5 heteroatoms. The zero-order valence-corrected chi connectivity index (χ0v) is 13.4. The first-order chi connectivity index (χ1) is 9.51. The largest absolute Gasteiger partial charge is 0.301 e. The minimum Gasteiger partial charge on any atom is -0.301 e. The highest BCUT2D eigenvalue weighted by Gasteiger charge is 2.24. The van der Waals surface area contributed by atoms with Crippen LogP contribution in [-0.2, 0) is 0 Å². The summed E-state index contributed by atoms with van der Waals surface area (Å²) in [5.41, 5.74) is 0.631. The van der Waals surface area contributed by atoms with Crippen molar-refractivity contribution in [3.05, 3.63) is 33.8 Å². The molecule has 0 radical (unpaired) electrons. The first kappa shape index (κ1) is 15.8. The molecular formula is C15H20Cl2N2O. The van der Waals surface area contributed by atoms with Crippen molar-refractivity contribution in [2.75, 3.05) is 33.2 Å². The van der Waals surface area contributed by atoms with E-state index in [1.807, 2.05) is 0 Å². The molecular weight excluding hydrogens is 295 g/mol. The molecule has 0 spiro atoms. The maximum Gasteiger partial charge on any atom is 0.176 e. The number of nitrogens with zero attached hydrogens (tertiary/aromatic N) is 2. The topological polar surface area (TPSA) is 23.6 Å². The Balaban J connectivity index is 1.99. The molecule has 1 heterocycles. The van der Waals surface area contributed by atoms with Gasteiger partial charge >= 0.3 is 0 Å². The number of benzene rings is 1. The fraction of sp³-hybridized carbons (Fsp3) is 0.533. The van der Waals surface area contributed by atoms with Gasteiger partial charge in [-0.05, 0) is 31.7 Å². The second kappa shape index (κ2) is 6.90. The lowest BCUT2D eigenvalue weighted by Gasteiger charge is -2.38. The Morgan fingerprint density at radius 1 is 1.30 bits per heavy atom. The minimum atomic E-state index is 0.1000. The highest BCUT2D eigenvalue weighted by atomic mass is 35.5. The number of carbonyl (C=O) groups is 1. The van der Waals surface area contributed by atoms with Crippen LogP contribution in [0, 0.1) is 0 Å². The summed E-state index contributed by atoms with van der Waals surface area (Å²) >= 11 is 11.8. The molecule has 1 aliphatic rings. The summed E-state index contributed by atoms with van der Waals surface area (Å²) in [6.07, 6.45) is 1.11. The fourth-order valence-electron chi connectivity index (χ4n) is 2.56. The predicted octanol–water partition coefficient (Wildman–Crippen LogP) is 3.20. The van der Waals surface area contributed by atoms with Gasteiger partial charge in [-0.15, -0.1) is 0 Å². The summed E-state index contributed by atoms with van der Waals surface area (Å²) in [6.45, 7) is 5.51. The van der Waals surface area contributed by atoms with E-state index < -0.39 is 0 Å². The van der Waals surface area contributed by atoms with E-state index in [-0.39, 0.29) is 5.78 Å². The Morgan fingerprint density at radius 2 is 2.05 bits per heavy atom. The molecule has 110 valence electrons. The van der Waals surface area contributed by atoms with Crippen LogP contribution in [0.5, 0.6) is 0 Å². The van der Waals surface area contributed by atoms with Gasteiger partial charge in [-0.1, -0.05) is 30.1 Å². The summed E-state index contributed by atoms with van der Waals surface area (Å²) < 4.78 is 0. The van der Waals surface area contributed by atoms with Crippen LogP contribution in [-0.4, -0.2) is 54.9 Å². The van der Waals surface area contributed by atoms with Crippen molar-refractivity contribution in [2.24, 2.45) is 0 Å². The number of halogens is 2. The maximum absolute atomic E-state index is 12.3. The molecule has 1 unspecified atom stereocenters. The Bertz CT molecular complexity index is 493. The van der Waals surface area contributed by atoms with E-state index in [1.165, 1.54) is 0 Å². The average molecular weight is 315 g/mol. The third-order valence-electron chi connectivity index (χ3n) is 3.94. The molecule has 1 aromatic rings. The maximum atomic E-state index is 12.3. The molecule has 1 fully saturated rings. The smallest absolute Gasteiger partial charge is 0.176 e. The van der Waals surface area contributed by atoms with Crippen molar-refractivity contribution in [1.29, 1.82) is 0 Å². The van der Waals surface area contributed by atoms with Gasteiger partial charge in [0.2, 0.25) is 0 Å². The summed E-state index contributed by atoms with van der Waals surface area (Å²) in [7, 11) is 2.15. The molecule has 0 N–H and O–H groups in total. The predicted molar refractivity (Wildman–Crippen MR) is 83.9 cm³/mol. The third-order valence-corrected chi connectivity index (χ3v) is 4.68. The standard InChI is InChI=1S/C15H20Cl2N2O/c1-3-12-9-19(7-6-18(12)2)10-15(20)11-4-5-13(16)14(17)8-11/h4-5,8,12H,3,6-7,9-10H2,1-2H3. The molecule has 1 atom stereocenters. The van der Waals surface area contributed by atoms with E-state index in [0.29, 0.717) is 28.2 Å². The number of Topliss-reactive ketones (excluding diaryl/α,β-unsaturated/α-hetero) is 1. The second-order valence-electron chi connectivity index (χ2n) is 5.33. The number of rotatable bonds is 4. The summed E-state index contributed by atoms with van der Waals surface area (Å²) in [4.78, 5) is 16.9. The van der Waals surface area contributed by atoms with Crippen LogP contribution in [0.15, 0.2) is 18.2 Å². The van der Waals surface area contributed by atoms with Gasteiger partial charge in [-0.3, -0.25) is 9.69 Å². The highest BCUT2D eigenvalue weighted by Crippen LogP contribution is 2.23. The van der Waals surface area contributed by atoms with Crippen molar-refractivity contribution >= 4 is 29.0 Å². The molecule has 1 saturated heterocycles. The Kier molecular flexibility index (Phi) is 5.44. The van der Waals surface area contributed by atoms with E-state index >= 15 is 0 Å². The molecule has 0 amide bonds. The van der Waals surface area contributed by atoms with Gasteiger partial charge in [0.25, 0.3) is 0 Å². The average Bonchev–Trinajstić information content (AvgIpc) is 2.43. The van der Waals surface area contributed by atoms with E-state index in [2.05, 4.69) is 23.8 Å². The van der Waals surface area contributed by atoms with Gasteiger partial charge < -0.3 is 4.90 Å². The van der Waals surface area contributed by atoms with Gasteiger partial charge in [0.15, 0.2) is 5.78 Å². The number of hydrogen-bond donors (Lipinski definition) is 0. The summed E-state index contributed by atoms with van der Waals surface area (Å²) in [5.74, 6) is 0.1000. The summed E-state index contributed by atoms with van der Waals surface area (Å²) in [6, 6.07) is 5.60. The number of hydrogen-bond acceptors (Lipinski definition) is 3. The van der Waals surface area contributed by atoms with E-state index in [0.717, 1.165) is 26.1 Å². The van der Waals surface area contributed by atoms with E-state index in [1.54, 1.807) is 18.2 Å². The van der Waals surface area contributed by atoms with Gasteiger partial charge in [-0.25, -0.2) is 0 Å². The third kappa shape index (κ3) is 3.73. The van der Waals surface area contributed by atoms with Gasteiger partial charge in [0.1, 0.15) is 0 Å². The molecule has 0 aromatic heterocycles. The fourth-order valence-corrected chi connectivity index (χ4v) is 2.86. The van der Waals surface area contributed by atoms with Crippen LogP contribution in [0.3, 0.4) is 0 Å². The lowest BCUT2D eigenvalue weighted by atomic mass is 10.1. The molecule has 1 aromatic carbocycles. The molecule has 2 rings (SSSR count). The SMILES string of the molecule is CCC1CN(CC(=O)c2ccc(Cl)c(Cl)c2)CCN1C. The molecule has 1 aliphatic heterocycles. The second-order valence-corrected chi connectivity index (χ2v) is 6.14. The molecule has 0 aliphatic carbocycles. The summed E-state index contributed by atoms with van der Waals surface area (Å²) in [5, 5.41) is 0.913. The van der Waals surface area contributed by atoms with Crippen LogP contribution in [0.2, 0.25) is 10.0 Å². The first-order valence-corrected chi connectivity index (χ1v) is 7.67. The minimum absolute atomic E-state index is 0.1000. The van der Waals surface area contributed by atoms with Gasteiger partial charge in [0, 0.05) is 31.2 Å². The molecule has 0 saturated carbocycles. The monoisotopic (exact) mass is 314 g/mol. The number of piperazine rings is 1. The van der Waals surface area contributed by atoms with E-state index in [4.69, 9.17) is 23.2 Å². The normalized spacial score (nSPS) is 21.1. The first-order valence-electron chi connectivity index (χ1n) is 6.92. The van der Waals surface area contributed by atoms with Crippen molar-refractivity contribution in [3.63, 3.8) is 0 Å². The zero-order valence-electron chi connectivity index (χ0n) is 11.9. The lowest BCUT2D eigenvalue weighted by molar-refractivity contribution is 0.0743. The molecule has 0 bridgehead atoms.